The van der Waals surface area contributed by atoms with E-state index in [4.69, 9.17) is 4.74 Å². The Bertz CT molecular complexity index is 1210. The lowest BCUT2D eigenvalue weighted by Gasteiger charge is -2.14. The number of benzene rings is 1. The van der Waals surface area contributed by atoms with Gasteiger partial charge in [-0.05, 0) is 31.0 Å². The number of pyridine rings is 1. The molecule has 3 aromatic heterocycles. The second-order valence-electron chi connectivity index (χ2n) is 6.96. The second kappa shape index (κ2) is 6.50. The van der Waals surface area contributed by atoms with E-state index in [9.17, 15) is 4.79 Å². The normalized spacial score (nSPS) is 11.6. The summed E-state index contributed by atoms with van der Waals surface area (Å²) in [5.74, 6) is 2.07. The Morgan fingerprint density at radius 3 is 2.67 bits per heavy atom. The number of fused-ring (bicyclic) bond motifs is 2. The minimum atomic E-state index is -0.0929. The Labute approximate surface area is 156 Å². The maximum atomic E-state index is 13.3. The summed E-state index contributed by atoms with van der Waals surface area (Å²) in [5, 5.41) is 5.00. The average Bonchev–Trinajstić information content (AvgIpc) is 3.02. The first-order valence-corrected chi connectivity index (χ1v) is 8.89. The molecule has 0 spiro atoms. The first-order valence-electron chi connectivity index (χ1n) is 8.89. The van der Waals surface area contributed by atoms with Crippen LogP contribution in [-0.4, -0.2) is 31.3 Å². The first kappa shape index (κ1) is 17.2. The van der Waals surface area contributed by atoms with Crippen LogP contribution < -0.4 is 10.3 Å². The molecule has 0 saturated heterocycles. The zero-order chi connectivity index (χ0) is 19.1. The highest BCUT2D eigenvalue weighted by molar-refractivity contribution is 5.94. The summed E-state index contributed by atoms with van der Waals surface area (Å²) < 4.78 is 8.91. The molecule has 0 aliphatic rings. The molecule has 0 unspecified atom stereocenters. The van der Waals surface area contributed by atoms with Crippen molar-refractivity contribution in [3.63, 3.8) is 0 Å². The predicted molar refractivity (Wildman–Crippen MR) is 104 cm³/mol. The third-order valence-corrected chi connectivity index (χ3v) is 4.43. The molecule has 0 amide bonds. The van der Waals surface area contributed by atoms with Crippen molar-refractivity contribution >= 4 is 16.7 Å². The molecule has 0 aliphatic carbocycles. The van der Waals surface area contributed by atoms with Gasteiger partial charge in [0.1, 0.15) is 11.6 Å². The van der Waals surface area contributed by atoms with Crippen molar-refractivity contribution in [2.24, 2.45) is 5.92 Å². The van der Waals surface area contributed by atoms with Gasteiger partial charge in [0.2, 0.25) is 0 Å². The number of ether oxygens (including phenoxy) is 1. The van der Waals surface area contributed by atoms with E-state index in [1.165, 1.54) is 0 Å². The number of hydrogen-bond acceptors (Lipinski definition) is 5. The molecule has 4 rings (SSSR count). The van der Waals surface area contributed by atoms with Crippen LogP contribution >= 0.6 is 0 Å². The highest BCUT2D eigenvalue weighted by Crippen LogP contribution is 2.33. The Morgan fingerprint density at radius 2 is 1.93 bits per heavy atom. The molecule has 0 N–H and O–H groups in total. The zero-order valence-corrected chi connectivity index (χ0v) is 15.8. The average molecular weight is 363 g/mol. The van der Waals surface area contributed by atoms with Gasteiger partial charge in [0, 0.05) is 18.3 Å². The van der Waals surface area contributed by atoms with Crippen LogP contribution in [0.15, 0.2) is 41.3 Å². The molecule has 0 radical (unpaired) electrons. The van der Waals surface area contributed by atoms with E-state index in [0.717, 1.165) is 5.56 Å². The zero-order valence-electron chi connectivity index (χ0n) is 15.8. The Morgan fingerprint density at radius 1 is 1.15 bits per heavy atom. The smallest absolute Gasteiger partial charge is 0.262 e. The molecule has 1 aromatic carbocycles. The summed E-state index contributed by atoms with van der Waals surface area (Å²) in [5.41, 5.74) is 1.93. The highest BCUT2D eigenvalue weighted by Gasteiger charge is 2.20. The minimum Gasteiger partial charge on any atom is -0.496 e. The van der Waals surface area contributed by atoms with Crippen LogP contribution in [0.2, 0.25) is 0 Å². The van der Waals surface area contributed by atoms with Gasteiger partial charge in [0.05, 0.1) is 23.7 Å². The van der Waals surface area contributed by atoms with Crippen molar-refractivity contribution in [3.05, 3.63) is 52.7 Å². The maximum Gasteiger partial charge on any atom is 0.262 e. The van der Waals surface area contributed by atoms with Crippen LogP contribution in [0.5, 0.6) is 5.75 Å². The largest absolute Gasteiger partial charge is 0.496 e. The fourth-order valence-electron chi connectivity index (χ4n) is 3.35. The summed E-state index contributed by atoms with van der Waals surface area (Å²) in [7, 11) is 1.61. The van der Waals surface area contributed by atoms with Crippen molar-refractivity contribution < 1.29 is 4.74 Å². The summed E-state index contributed by atoms with van der Waals surface area (Å²) in [6.45, 7) is 6.61. The van der Waals surface area contributed by atoms with Crippen molar-refractivity contribution in [2.45, 2.75) is 27.3 Å². The lowest BCUT2D eigenvalue weighted by atomic mass is 10.1. The van der Waals surface area contributed by atoms with Gasteiger partial charge < -0.3 is 9.30 Å². The molecule has 3 heterocycles. The van der Waals surface area contributed by atoms with Crippen LogP contribution in [0.3, 0.4) is 0 Å². The van der Waals surface area contributed by atoms with Gasteiger partial charge in [-0.15, -0.1) is 5.10 Å². The molecule has 0 atom stereocenters. The molecule has 7 heteroatoms. The van der Waals surface area contributed by atoms with E-state index in [0.29, 0.717) is 46.4 Å². The predicted octanol–water partition coefficient (Wildman–Crippen LogP) is 3.08. The fraction of sp³-hybridized carbons (Fsp3) is 0.300. The van der Waals surface area contributed by atoms with Crippen molar-refractivity contribution in [2.75, 3.05) is 7.11 Å². The number of hydrogen-bond donors (Lipinski definition) is 0. The SMILES string of the molecule is COc1ccccc1-c1c2c(=O)n(CC(C)C)ccc2nc2nc(C)nn12. The number of aromatic nitrogens is 5. The Balaban J connectivity index is 2.19. The standard InChI is InChI=1S/C20H21N5O2/c1-12(2)11-24-10-9-15-17(19(24)26)18(14-7-5-6-8-16(14)27-4)25-20(22-15)21-13(3)23-25/h5-10,12H,11H2,1-4H3. The minimum absolute atomic E-state index is 0.0929. The molecule has 0 fully saturated rings. The topological polar surface area (TPSA) is 74.3 Å². The van der Waals surface area contributed by atoms with E-state index in [-0.39, 0.29) is 5.56 Å². The van der Waals surface area contributed by atoms with Crippen LogP contribution in [0.25, 0.3) is 27.9 Å². The van der Waals surface area contributed by atoms with E-state index in [1.807, 2.05) is 37.3 Å². The molecular weight excluding hydrogens is 342 g/mol. The van der Waals surface area contributed by atoms with Gasteiger partial charge in [-0.3, -0.25) is 4.79 Å². The van der Waals surface area contributed by atoms with Gasteiger partial charge >= 0.3 is 0 Å². The molecule has 0 saturated carbocycles. The van der Waals surface area contributed by atoms with Gasteiger partial charge in [0.25, 0.3) is 11.3 Å². The van der Waals surface area contributed by atoms with Crippen molar-refractivity contribution in [1.82, 2.24) is 24.1 Å². The number of methoxy groups -OCH3 is 1. The van der Waals surface area contributed by atoms with E-state index in [1.54, 1.807) is 22.4 Å². The third-order valence-electron chi connectivity index (χ3n) is 4.43. The number of para-hydroxylation sites is 1. The van der Waals surface area contributed by atoms with E-state index in [2.05, 4.69) is 28.9 Å². The molecule has 7 nitrogen and oxygen atoms in total. The third kappa shape index (κ3) is 2.85. The summed E-state index contributed by atoms with van der Waals surface area (Å²) >= 11 is 0. The summed E-state index contributed by atoms with van der Waals surface area (Å²) in [4.78, 5) is 22.3. The van der Waals surface area contributed by atoms with Crippen LogP contribution in [0, 0.1) is 12.8 Å². The van der Waals surface area contributed by atoms with Crippen LogP contribution in [0.4, 0.5) is 0 Å². The second-order valence-corrected chi connectivity index (χ2v) is 6.96. The monoisotopic (exact) mass is 363 g/mol. The fourth-order valence-corrected chi connectivity index (χ4v) is 3.35. The van der Waals surface area contributed by atoms with Crippen LogP contribution in [-0.2, 0) is 6.54 Å². The molecular formula is C20H21N5O2. The molecule has 138 valence electrons. The maximum absolute atomic E-state index is 13.3. The molecule has 27 heavy (non-hydrogen) atoms. The summed E-state index contributed by atoms with van der Waals surface area (Å²) in [6, 6.07) is 9.46. The van der Waals surface area contributed by atoms with Crippen molar-refractivity contribution in [3.8, 4) is 17.0 Å². The van der Waals surface area contributed by atoms with E-state index >= 15 is 0 Å². The quantitative estimate of drug-likeness (QED) is 0.557. The molecule has 4 aromatic rings. The number of nitrogens with zero attached hydrogens (tertiary/aromatic N) is 5. The van der Waals surface area contributed by atoms with Gasteiger partial charge in [0.15, 0.2) is 0 Å². The Kier molecular flexibility index (Phi) is 4.14. The van der Waals surface area contributed by atoms with Crippen molar-refractivity contribution in [1.29, 1.82) is 0 Å². The number of aryl methyl sites for hydroxylation is 1. The first-order chi connectivity index (χ1) is 13.0. The molecule has 0 bridgehead atoms. The van der Waals surface area contributed by atoms with Gasteiger partial charge in [-0.1, -0.05) is 26.0 Å². The molecule has 0 aliphatic heterocycles. The Hall–Kier alpha value is -3.22. The van der Waals surface area contributed by atoms with Gasteiger partial charge in [-0.25, -0.2) is 4.98 Å². The lowest BCUT2D eigenvalue weighted by molar-refractivity contribution is 0.416. The van der Waals surface area contributed by atoms with Crippen LogP contribution in [0.1, 0.15) is 19.7 Å². The van der Waals surface area contributed by atoms with E-state index < -0.39 is 0 Å². The summed E-state index contributed by atoms with van der Waals surface area (Å²) in [6.07, 6.45) is 1.80. The lowest BCUT2D eigenvalue weighted by Crippen LogP contribution is -2.23. The highest BCUT2D eigenvalue weighted by atomic mass is 16.5. The number of rotatable bonds is 4. The van der Waals surface area contributed by atoms with Gasteiger partial charge in [-0.2, -0.15) is 9.50 Å².